The van der Waals surface area contributed by atoms with E-state index < -0.39 is 0 Å². The largest absolute Gasteiger partial charge is 0.386 e. The first-order chi connectivity index (χ1) is 8.20. The Morgan fingerprint density at radius 2 is 2.24 bits per heavy atom. The monoisotopic (exact) mass is 248 g/mol. The van der Waals surface area contributed by atoms with E-state index in [4.69, 9.17) is 0 Å². The van der Waals surface area contributed by atoms with Gasteiger partial charge in [-0.1, -0.05) is 0 Å². The molecule has 88 valence electrons. The molecule has 6 heteroatoms. The average molecular weight is 248 g/mol. The van der Waals surface area contributed by atoms with Crippen LogP contribution in [0.25, 0.3) is 0 Å². The number of nitrogens with one attached hydrogen (secondary N) is 2. The van der Waals surface area contributed by atoms with Crippen LogP contribution in [0.15, 0.2) is 24.7 Å². The fourth-order valence-corrected chi connectivity index (χ4v) is 2.03. The van der Waals surface area contributed by atoms with E-state index in [-0.39, 0.29) is 5.91 Å². The molecule has 0 saturated heterocycles. The maximum Gasteiger partial charge on any atom is 0.259 e. The van der Waals surface area contributed by atoms with Crippen LogP contribution >= 0.6 is 11.3 Å². The molecule has 2 N–H and O–H groups in total. The zero-order valence-corrected chi connectivity index (χ0v) is 10.3. The van der Waals surface area contributed by atoms with Gasteiger partial charge in [-0.2, -0.15) is 0 Å². The van der Waals surface area contributed by atoms with Crippen molar-refractivity contribution in [3.05, 3.63) is 35.1 Å². The van der Waals surface area contributed by atoms with E-state index >= 15 is 0 Å². The first-order valence-electron chi connectivity index (χ1n) is 5.06. The van der Waals surface area contributed by atoms with Crippen molar-refractivity contribution in [2.24, 2.45) is 0 Å². The van der Waals surface area contributed by atoms with Crippen LogP contribution in [0, 0.1) is 6.92 Å². The van der Waals surface area contributed by atoms with Crippen LogP contribution in [0.5, 0.6) is 0 Å². The number of thiazole rings is 1. The van der Waals surface area contributed by atoms with Crippen molar-refractivity contribution in [3.63, 3.8) is 0 Å². The van der Waals surface area contributed by atoms with Crippen LogP contribution in [-0.2, 0) is 0 Å². The number of rotatable bonds is 3. The summed E-state index contributed by atoms with van der Waals surface area (Å²) in [4.78, 5) is 21.1. The summed E-state index contributed by atoms with van der Waals surface area (Å²) in [5, 5.41) is 6.28. The molecule has 0 fully saturated rings. The SMILES string of the molecule is CNc1cnccc1C(=O)Nc1ncc(C)s1. The van der Waals surface area contributed by atoms with Crippen molar-refractivity contribution in [2.45, 2.75) is 6.92 Å². The third-order valence-electron chi connectivity index (χ3n) is 2.18. The molecule has 0 aliphatic carbocycles. The molecule has 5 nitrogen and oxygen atoms in total. The number of amides is 1. The van der Waals surface area contributed by atoms with E-state index in [2.05, 4.69) is 20.6 Å². The number of anilines is 2. The molecule has 0 unspecified atom stereocenters. The van der Waals surface area contributed by atoms with Crippen LogP contribution in [0.1, 0.15) is 15.2 Å². The van der Waals surface area contributed by atoms with Gasteiger partial charge in [0.2, 0.25) is 0 Å². The Morgan fingerprint density at radius 1 is 1.41 bits per heavy atom. The second kappa shape index (κ2) is 4.92. The summed E-state index contributed by atoms with van der Waals surface area (Å²) in [6.07, 6.45) is 4.93. The highest BCUT2D eigenvalue weighted by Crippen LogP contribution is 2.19. The number of hydrogen-bond acceptors (Lipinski definition) is 5. The van der Waals surface area contributed by atoms with Gasteiger partial charge in [0.1, 0.15) is 0 Å². The molecule has 2 rings (SSSR count). The minimum absolute atomic E-state index is 0.189. The number of hydrogen-bond donors (Lipinski definition) is 2. The maximum absolute atomic E-state index is 12.0. The molecule has 0 saturated carbocycles. The molecule has 17 heavy (non-hydrogen) atoms. The topological polar surface area (TPSA) is 66.9 Å². The summed E-state index contributed by atoms with van der Waals surface area (Å²) < 4.78 is 0. The molecule has 0 aromatic carbocycles. The second-order valence-corrected chi connectivity index (χ2v) is 4.64. The fraction of sp³-hybridized carbons (Fsp3) is 0.182. The van der Waals surface area contributed by atoms with Crippen LogP contribution in [0.2, 0.25) is 0 Å². The fourth-order valence-electron chi connectivity index (χ4n) is 1.37. The van der Waals surface area contributed by atoms with Gasteiger partial charge in [0.25, 0.3) is 5.91 Å². The van der Waals surface area contributed by atoms with E-state index in [1.807, 2.05) is 6.92 Å². The molecule has 0 radical (unpaired) electrons. The summed E-state index contributed by atoms with van der Waals surface area (Å²) in [7, 11) is 1.75. The van der Waals surface area contributed by atoms with Crippen LogP contribution in [0.4, 0.5) is 10.8 Å². The molecule has 2 heterocycles. The van der Waals surface area contributed by atoms with Gasteiger partial charge in [-0.05, 0) is 13.0 Å². The van der Waals surface area contributed by atoms with Gasteiger partial charge >= 0.3 is 0 Å². The Hall–Kier alpha value is -1.95. The highest BCUT2D eigenvalue weighted by Gasteiger charge is 2.11. The van der Waals surface area contributed by atoms with Gasteiger partial charge in [0, 0.05) is 24.3 Å². The smallest absolute Gasteiger partial charge is 0.259 e. The number of aryl methyl sites for hydroxylation is 1. The number of nitrogens with zero attached hydrogens (tertiary/aromatic N) is 2. The first-order valence-corrected chi connectivity index (χ1v) is 5.88. The molecular formula is C11H12N4OS. The molecule has 0 bridgehead atoms. The quantitative estimate of drug-likeness (QED) is 0.873. The molecule has 2 aromatic heterocycles. The Balaban J connectivity index is 2.20. The number of pyridine rings is 1. The minimum atomic E-state index is -0.189. The van der Waals surface area contributed by atoms with Gasteiger partial charge in [-0.3, -0.25) is 15.1 Å². The van der Waals surface area contributed by atoms with E-state index in [1.165, 1.54) is 11.3 Å². The Kier molecular flexibility index (Phi) is 3.34. The van der Waals surface area contributed by atoms with E-state index in [0.717, 1.165) is 4.88 Å². The van der Waals surface area contributed by atoms with Gasteiger partial charge in [0.05, 0.1) is 17.4 Å². The Bertz CT molecular complexity index is 538. The Labute approximate surface area is 103 Å². The summed E-state index contributed by atoms with van der Waals surface area (Å²) in [5.74, 6) is -0.189. The van der Waals surface area contributed by atoms with Gasteiger partial charge in [-0.25, -0.2) is 4.98 Å². The zero-order chi connectivity index (χ0) is 12.3. The zero-order valence-electron chi connectivity index (χ0n) is 9.52. The van der Waals surface area contributed by atoms with Crippen molar-refractivity contribution in [1.82, 2.24) is 9.97 Å². The molecule has 0 spiro atoms. The lowest BCUT2D eigenvalue weighted by atomic mass is 10.2. The number of carbonyl (C=O) groups is 1. The highest BCUT2D eigenvalue weighted by atomic mass is 32.1. The van der Waals surface area contributed by atoms with Gasteiger partial charge < -0.3 is 5.32 Å². The Morgan fingerprint density at radius 3 is 2.88 bits per heavy atom. The van der Waals surface area contributed by atoms with Crippen molar-refractivity contribution < 1.29 is 4.79 Å². The predicted molar refractivity (Wildman–Crippen MR) is 68.6 cm³/mol. The van der Waals surface area contributed by atoms with Crippen molar-refractivity contribution >= 4 is 28.1 Å². The number of aromatic nitrogens is 2. The molecule has 0 aliphatic rings. The third-order valence-corrected chi connectivity index (χ3v) is 3.00. The van der Waals surface area contributed by atoms with Crippen LogP contribution in [-0.4, -0.2) is 22.9 Å². The predicted octanol–water partition coefficient (Wildman–Crippen LogP) is 2.14. The van der Waals surface area contributed by atoms with Crippen LogP contribution < -0.4 is 10.6 Å². The van der Waals surface area contributed by atoms with Gasteiger partial charge in [0.15, 0.2) is 5.13 Å². The summed E-state index contributed by atoms with van der Waals surface area (Å²) >= 11 is 1.45. The lowest BCUT2D eigenvalue weighted by molar-refractivity contribution is 0.102. The van der Waals surface area contributed by atoms with E-state index in [0.29, 0.717) is 16.4 Å². The number of carbonyl (C=O) groups excluding carboxylic acids is 1. The summed E-state index contributed by atoms with van der Waals surface area (Å²) in [6.45, 7) is 1.94. The standard InChI is InChI=1S/C11H12N4OS/c1-7-5-14-11(17-7)15-10(16)8-3-4-13-6-9(8)12-2/h3-6,12H,1-2H3,(H,14,15,16). The summed E-state index contributed by atoms with van der Waals surface area (Å²) in [6, 6.07) is 1.67. The lowest BCUT2D eigenvalue weighted by Gasteiger charge is -2.06. The lowest BCUT2D eigenvalue weighted by Crippen LogP contribution is -2.13. The molecular weight excluding hydrogens is 236 g/mol. The van der Waals surface area contributed by atoms with Gasteiger partial charge in [-0.15, -0.1) is 11.3 Å². The maximum atomic E-state index is 12.0. The third kappa shape index (κ3) is 2.59. The average Bonchev–Trinajstić information content (AvgIpc) is 2.74. The molecule has 0 aliphatic heterocycles. The summed E-state index contributed by atoms with van der Waals surface area (Å²) in [5.41, 5.74) is 1.24. The van der Waals surface area contributed by atoms with Crippen molar-refractivity contribution in [1.29, 1.82) is 0 Å². The molecule has 1 amide bonds. The first kappa shape index (κ1) is 11.5. The minimum Gasteiger partial charge on any atom is -0.386 e. The molecule has 2 aromatic rings. The molecule has 0 atom stereocenters. The van der Waals surface area contributed by atoms with E-state index in [1.54, 1.807) is 31.7 Å². The van der Waals surface area contributed by atoms with E-state index in [9.17, 15) is 4.79 Å². The van der Waals surface area contributed by atoms with Crippen LogP contribution in [0.3, 0.4) is 0 Å². The second-order valence-electron chi connectivity index (χ2n) is 3.40. The van der Waals surface area contributed by atoms with Crippen molar-refractivity contribution in [3.8, 4) is 0 Å². The van der Waals surface area contributed by atoms with Crippen molar-refractivity contribution in [2.75, 3.05) is 17.7 Å². The highest BCUT2D eigenvalue weighted by molar-refractivity contribution is 7.15. The normalized spacial score (nSPS) is 10.0.